The molecule has 0 saturated carbocycles. The lowest BCUT2D eigenvalue weighted by Gasteiger charge is -2.10. The molecule has 7 heteroatoms. The molecule has 1 atom stereocenters. The number of carboxylic acid groups (broad SMARTS) is 1. The van der Waals surface area contributed by atoms with Crippen LogP contribution >= 0.6 is 22.9 Å². The van der Waals surface area contributed by atoms with Crippen molar-refractivity contribution in [2.24, 2.45) is 0 Å². The normalized spacial score (nSPS) is 12.0. The lowest BCUT2D eigenvalue weighted by atomic mass is 10.1. The Morgan fingerprint density at radius 1 is 1.43 bits per heavy atom. The van der Waals surface area contributed by atoms with Crippen LogP contribution in [0.25, 0.3) is 0 Å². The number of carbonyl (C=O) groups excluding carboxylic acids is 2. The maximum Gasteiger partial charge on any atom is 0.234 e. The summed E-state index contributed by atoms with van der Waals surface area (Å²) in [5.74, 6) is -2.20. The third-order valence-electron chi connectivity index (χ3n) is 2.93. The largest absolute Gasteiger partial charge is 0.543 e. The Kier molecular flexibility index (Phi) is 4.59. The van der Waals surface area contributed by atoms with Gasteiger partial charge >= 0.3 is 0 Å². The van der Waals surface area contributed by atoms with Crippen molar-refractivity contribution in [1.29, 1.82) is 0 Å². The van der Waals surface area contributed by atoms with E-state index in [-0.39, 0.29) is 11.6 Å². The number of hydrogen-bond donors (Lipinski definition) is 1. The predicted molar refractivity (Wildman–Crippen MR) is 79.7 cm³/mol. The second kappa shape index (κ2) is 6.24. The van der Waals surface area contributed by atoms with E-state index in [1.165, 1.54) is 5.38 Å². The monoisotopic (exact) mass is 323 g/mol. The molecule has 1 aromatic carbocycles. The summed E-state index contributed by atoms with van der Waals surface area (Å²) in [6.07, 6.45) is 0. The number of halogens is 1. The number of hydrogen-bond acceptors (Lipinski definition) is 5. The fourth-order valence-corrected chi connectivity index (χ4v) is 2.64. The number of aromatic nitrogens is 1. The van der Waals surface area contributed by atoms with Crippen molar-refractivity contribution in [3.63, 3.8) is 0 Å². The van der Waals surface area contributed by atoms with Crippen LogP contribution in [0.3, 0.4) is 0 Å². The molecule has 0 fully saturated rings. The minimum Gasteiger partial charge on any atom is -0.543 e. The van der Waals surface area contributed by atoms with E-state index >= 15 is 0 Å². The van der Waals surface area contributed by atoms with Crippen LogP contribution in [0.5, 0.6) is 0 Å². The molecule has 21 heavy (non-hydrogen) atoms. The molecule has 0 spiro atoms. The predicted octanol–water partition coefficient (Wildman–Crippen LogP) is 2.21. The highest BCUT2D eigenvalue weighted by Crippen LogP contribution is 2.24. The van der Waals surface area contributed by atoms with Gasteiger partial charge in [-0.05, 0) is 31.5 Å². The summed E-state index contributed by atoms with van der Waals surface area (Å²) in [6, 6.07) is 5.22. The van der Waals surface area contributed by atoms with E-state index in [1.54, 1.807) is 25.1 Å². The van der Waals surface area contributed by atoms with Crippen LogP contribution in [0.2, 0.25) is 5.02 Å². The highest BCUT2D eigenvalue weighted by molar-refractivity contribution is 7.10. The first kappa shape index (κ1) is 15.5. The third kappa shape index (κ3) is 3.59. The van der Waals surface area contributed by atoms with Gasteiger partial charge < -0.3 is 15.2 Å². The fourth-order valence-electron chi connectivity index (χ4n) is 1.61. The van der Waals surface area contributed by atoms with E-state index in [0.717, 1.165) is 16.9 Å². The number of carboxylic acids is 1. The van der Waals surface area contributed by atoms with Crippen LogP contribution in [0.1, 0.15) is 33.9 Å². The number of aromatic carboxylic acids is 1. The maximum absolute atomic E-state index is 12.1. The van der Waals surface area contributed by atoms with Crippen molar-refractivity contribution >= 4 is 40.5 Å². The minimum absolute atomic E-state index is 0.159. The van der Waals surface area contributed by atoms with Gasteiger partial charge in [0.1, 0.15) is 5.01 Å². The molecule has 0 bridgehead atoms. The Hall–Kier alpha value is -1.92. The molecule has 0 saturated heterocycles. The van der Waals surface area contributed by atoms with E-state index < -0.39 is 11.9 Å². The van der Waals surface area contributed by atoms with Crippen LogP contribution < -0.4 is 10.4 Å². The Labute approximate surface area is 130 Å². The molecule has 0 aliphatic carbocycles. The van der Waals surface area contributed by atoms with E-state index in [9.17, 15) is 14.7 Å². The number of nitrogens with one attached hydrogen (secondary N) is 1. The van der Waals surface area contributed by atoms with Crippen molar-refractivity contribution in [2.45, 2.75) is 19.8 Å². The molecule has 1 amide bonds. The SMILES string of the molecule is Cc1ccc(NC(=O)[C@H](C)c2nc(C(=O)[O-])cs2)cc1Cl. The van der Waals surface area contributed by atoms with Gasteiger partial charge in [-0.1, -0.05) is 17.7 Å². The second-order valence-corrected chi connectivity index (χ2v) is 5.83. The maximum atomic E-state index is 12.1. The Balaban J connectivity index is 2.11. The minimum atomic E-state index is -1.35. The molecule has 2 aromatic rings. The summed E-state index contributed by atoms with van der Waals surface area (Å²) in [5, 5.41) is 15.8. The molecule has 110 valence electrons. The molecule has 1 N–H and O–H groups in total. The van der Waals surface area contributed by atoms with Crippen molar-refractivity contribution in [1.82, 2.24) is 4.98 Å². The topological polar surface area (TPSA) is 82.1 Å². The average Bonchev–Trinajstić information content (AvgIpc) is 2.92. The molecule has 5 nitrogen and oxygen atoms in total. The summed E-state index contributed by atoms with van der Waals surface area (Å²) in [7, 11) is 0. The number of aryl methyl sites for hydroxylation is 1. The Morgan fingerprint density at radius 3 is 2.71 bits per heavy atom. The molecular formula is C14H12ClN2O3S-. The number of carbonyl (C=O) groups is 2. The van der Waals surface area contributed by atoms with Crippen molar-refractivity contribution in [2.75, 3.05) is 5.32 Å². The van der Waals surface area contributed by atoms with Crippen LogP contribution in [-0.2, 0) is 4.79 Å². The number of rotatable bonds is 4. The lowest BCUT2D eigenvalue weighted by molar-refractivity contribution is -0.255. The Morgan fingerprint density at radius 2 is 2.14 bits per heavy atom. The van der Waals surface area contributed by atoms with Crippen molar-refractivity contribution in [3.8, 4) is 0 Å². The van der Waals surface area contributed by atoms with Crippen LogP contribution in [-0.4, -0.2) is 16.9 Å². The molecule has 0 radical (unpaired) electrons. The number of thiazole rings is 1. The number of anilines is 1. The van der Waals surface area contributed by atoms with E-state index in [4.69, 9.17) is 11.6 Å². The van der Waals surface area contributed by atoms with Crippen LogP contribution in [0, 0.1) is 6.92 Å². The van der Waals surface area contributed by atoms with E-state index in [2.05, 4.69) is 10.3 Å². The summed E-state index contributed by atoms with van der Waals surface area (Å²) in [6.45, 7) is 3.52. The number of benzene rings is 1. The zero-order valence-corrected chi connectivity index (χ0v) is 12.9. The van der Waals surface area contributed by atoms with E-state index in [1.807, 2.05) is 6.92 Å². The summed E-state index contributed by atoms with van der Waals surface area (Å²) in [5.41, 5.74) is 1.34. The smallest absolute Gasteiger partial charge is 0.234 e. The van der Waals surface area contributed by atoms with Crippen LogP contribution in [0.15, 0.2) is 23.6 Å². The van der Waals surface area contributed by atoms with Gasteiger partial charge in [0, 0.05) is 16.1 Å². The van der Waals surface area contributed by atoms with Crippen molar-refractivity contribution < 1.29 is 14.7 Å². The third-order valence-corrected chi connectivity index (χ3v) is 4.37. The zero-order valence-electron chi connectivity index (χ0n) is 11.3. The van der Waals surface area contributed by atoms with Gasteiger partial charge in [-0.15, -0.1) is 11.3 Å². The summed E-state index contributed by atoms with van der Waals surface area (Å²) < 4.78 is 0. The average molecular weight is 324 g/mol. The van der Waals surface area contributed by atoms with Crippen LogP contribution in [0.4, 0.5) is 5.69 Å². The lowest BCUT2D eigenvalue weighted by Crippen LogP contribution is -2.23. The first-order valence-electron chi connectivity index (χ1n) is 6.12. The molecule has 0 unspecified atom stereocenters. The van der Waals surface area contributed by atoms with Gasteiger partial charge in [-0.2, -0.15) is 0 Å². The number of amides is 1. The Bertz CT molecular complexity index is 699. The van der Waals surface area contributed by atoms with Crippen molar-refractivity contribution in [3.05, 3.63) is 44.9 Å². The van der Waals surface area contributed by atoms with E-state index in [0.29, 0.717) is 15.7 Å². The van der Waals surface area contributed by atoms with Gasteiger partial charge in [-0.25, -0.2) is 4.98 Å². The van der Waals surface area contributed by atoms with Gasteiger partial charge in [0.15, 0.2) is 0 Å². The molecule has 2 rings (SSSR count). The van der Waals surface area contributed by atoms with Gasteiger partial charge in [0.25, 0.3) is 0 Å². The highest BCUT2D eigenvalue weighted by atomic mass is 35.5. The molecule has 0 aliphatic rings. The van der Waals surface area contributed by atoms with Gasteiger partial charge in [0.05, 0.1) is 17.6 Å². The highest BCUT2D eigenvalue weighted by Gasteiger charge is 2.19. The first-order valence-corrected chi connectivity index (χ1v) is 7.38. The molecule has 1 aromatic heterocycles. The molecule has 1 heterocycles. The fraction of sp³-hybridized carbons (Fsp3) is 0.214. The van der Waals surface area contributed by atoms with Gasteiger partial charge in [0.2, 0.25) is 5.91 Å². The zero-order chi connectivity index (χ0) is 15.6. The molecule has 0 aliphatic heterocycles. The standard InChI is InChI=1S/C14H13ClN2O3S/c1-7-3-4-9(5-10(7)15)16-12(18)8(2)13-17-11(6-21-13)14(19)20/h3-6,8H,1-2H3,(H,16,18)(H,19,20)/p-1/t8-/m0/s1. The summed E-state index contributed by atoms with van der Waals surface area (Å²) >= 11 is 7.11. The second-order valence-electron chi connectivity index (χ2n) is 4.53. The number of nitrogens with zero attached hydrogens (tertiary/aromatic N) is 1. The van der Waals surface area contributed by atoms with Gasteiger partial charge in [-0.3, -0.25) is 4.79 Å². The first-order chi connectivity index (χ1) is 9.88. The molecular weight excluding hydrogens is 312 g/mol. The summed E-state index contributed by atoms with van der Waals surface area (Å²) in [4.78, 5) is 26.7. The quantitative estimate of drug-likeness (QED) is 0.935.